The summed E-state index contributed by atoms with van der Waals surface area (Å²) in [5.74, 6) is 1.14. The Morgan fingerprint density at radius 3 is 2.86 bits per heavy atom. The average Bonchev–Trinajstić information content (AvgIpc) is 2.19. The van der Waals surface area contributed by atoms with E-state index in [-0.39, 0.29) is 0 Å². The number of aromatic nitrogens is 2. The van der Waals surface area contributed by atoms with Crippen molar-refractivity contribution < 1.29 is 4.74 Å². The molecule has 6 heteroatoms. The van der Waals surface area contributed by atoms with Crippen LogP contribution in [-0.2, 0) is 0 Å². The molecule has 4 nitrogen and oxygen atoms in total. The molecule has 1 aromatic heterocycles. The Bertz CT molecular complexity index is 309. The van der Waals surface area contributed by atoms with Gasteiger partial charge < -0.3 is 9.64 Å². The Kier molecular flexibility index (Phi) is 4.22. The summed E-state index contributed by atoms with van der Waals surface area (Å²) in [6, 6.07) is 0.297. The minimum absolute atomic E-state index is 0.297. The molecule has 0 aliphatic carbocycles. The number of halogens is 2. The highest BCUT2D eigenvalue weighted by Gasteiger charge is 2.09. The summed E-state index contributed by atoms with van der Waals surface area (Å²) in [5.41, 5.74) is 0. The predicted molar refractivity (Wildman–Crippen MR) is 57.6 cm³/mol. The van der Waals surface area contributed by atoms with Crippen molar-refractivity contribution in [1.82, 2.24) is 9.97 Å². The highest BCUT2D eigenvalue weighted by atomic mass is 35.5. The monoisotopic (exact) mass is 235 g/mol. The lowest BCUT2D eigenvalue weighted by molar-refractivity contribution is 0.380. The van der Waals surface area contributed by atoms with E-state index >= 15 is 0 Å². The van der Waals surface area contributed by atoms with E-state index in [0.717, 1.165) is 0 Å². The van der Waals surface area contributed by atoms with Crippen molar-refractivity contribution in [3.05, 3.63) is 11.2 Å². The maximum absolute atomic E-state index is 5.92. The van der Waals surface area contributed by atoms with Crippen LogP contribution in [0.2, 0.25) is 5.02 Å². The maximum Gasteiger partial charge on any atom is 0.318 e. The van der Waals surface area contributed by atoms with Gasteiger partial charge in [-0.05, 0) is 0 Å². The largest absolute Gasteiger partial charge is 0.467 e. The molecule has 0 aliphatic heterocycles. The third kappa shape index (κ3) is 2.62. The maximum atomic E-state index is 5.92. The number of methoxy groups -OCH3 is 1. The minimum atomic E-state index is 0.297. The lowest BCUT2D eigenvalue weighted by Gasteiger charge is -2.17. The summed E-state index contributed by atoms with van der Waals surface area (Å²) >= 11 is 11.5. The number of ether oxygens (including phenoxy) is 1. The number of anilines is 1. The standard InChI is InChI=1S/C8H11Cl2N3O/c1-13(4-3-9)7-6(10)5-11-8(12-7)14-2/h5H,3-4H2,1-2H3. The molecule has 1 heterocycles. The van der Waals surface area contributed by atoms with Crippen molar-refractivity contribution in [3.8, 4) is 6.01 Å². The van der Waals surface area contributed by atoms with Gasteiger partial charge in [-0.3, -0.25) is 0 Å². The first-order valence-electron chi connectivity index (χ1n) is 4.02. The number of hydrogen-bond acceptors (Lipinski definition) is 4. The van der Waals surface area contributed by atoms with Crippen LogP contribution >= 0.6 is 23.2 Å². The fourth-order valence-electron chi connectivity index (χ4n) is 0.941. The number of alkyl halides is 1. The number of hydrogen-bond donors (Lipinski definition) is 0. The van der Waals surface area contributed by atoms with E-state index in [0.29, 0.717) is 29.3 Å². The fraction of sp³-hybridized carbons (Fsp3) is 0.500. The minimum Gasteiger partial charge on any atom is -0.467 e. The second-order valence-electron chi connectivity index (χ2n) is 2.64. The molecule has 14 heavy (non-hydrogen) atoms. The Morgan fingerprint density at radius 2 is 2.29 bits per heavy atom. The van der Waals surface area contributed by atoms with Crippen molar-refractivity contribution in [2.24, 2.45) is 0 Å². The molecule has 0 amide bonds. The molecule has 0 fully saturated rings. The van der Waals surface area contributed by atoms with E-state index in [9.17, 15) is 0 Å². The summed E-state index contributed by atoms with van der Waals surface area (Å²) < 4.78 is 4.90. The molecule has 0 atom stereocenters. The molecule has 0 unspecified atom stereocenters. The zero-order chi connectivity index (χ0) is 10.6. The van der Waals surface area contributed by atoms with Crippen molar-refractivity contribution >= 4 is 29.0 Å². The molecule has 0 radical (unpaired) electrons. The Hall–Kier alpha value is -0.740. The van der Waals surface area contributed by atoms with Crippen molar-refractivity contribution in [2.45, 2.75) is 0 Å². The second kappa shape index (κ2) is 5.22. The molecule has 0 saturated carbocycles. The van der Waals surface area contributed by atoms with E-state index < -0.39 is 0 Å². The first-order chi connectivity index (χ1) is 6.69. The quantitative estimate of drug-likeness (QED) is 0.747. The molecule has 0 bridgehead atoms. The first kappa shape index (κ1) is 11.3. The molecular formula is C8H11Cl2N3O. The topological polar surface area (TPSA) is 38.2 Å². The van der Waals surface area contributed by atoms with Gasteiger partial charge in [0.15, 0.2) is 5.82 Å². The van der Waals surface area contributed by atoms with Crippen molar-refractivity contribution in [3.63, 3.8) is 0 Å². The highest BCUT2D eigenvalue weighted by molar-refractivity contribution is 6.32. The van der Waals surface area contributed by atoms with E-state index in [2.05, 4.69) is 9.97 Å². The predicted octanol–water partition coefficient (Wildman–Crippen LogP) is 1.81. The fourth-order valence-corrected chi connectivity index (χ4v) is 1.43. The van der Waals surface area contributed by atoms with Crippen LogP contribution in [-0.4, -0.2) is 36.6 Å². The zero-order valence-corrected chi connectivity index (χ0v) is 9.51. The van der Waals surface area contributed by atoms with Crippen molar-refractivity contribution in [1.29, 1.82) is 0 Å². The summed E-state index contributed by atoms with van der Waals surface area (Å²) in [4.78, 5) is 9.83. The Labute approximate surface area is 92.8 Å². The van der Waals surface area contributed by atoms with Crippen molar-refractivity contribution in [2.75, 3.05) is 31.5 Å². The van der Waals surface area contributed by atoms with Crippen LogP contribution in [0.15, 0.2) is 6.20 Å². The van der Waals surface area contributed by atoms with Gasteiger partial charge in [0.25, 0.3) is 0 Å². The summed E-state index contributed by atoms with van der Waals surface area (Å²) in [6.45, 7) is 0.668. The third-order valence-corrected chi connectivity index (χ3v) is 2.10. The molecular weight excluding hydrogens is 225 g/mol. The zero-order valence-electron chi connectivity index (χ0n) is 8.00. The van der Waals surface area contributed by atoms with Crippen LogP contribution < -0.4 is 9.64 Å². The van der Waals surface area contributed by atoms with Gasteiger partial charge in [0.2, 0.25) is 0 Å². The van der Waals surface area contributed by atoms with Gasteiger partial charge in [-0.2, -0.15) is 4.98 Å². The van der Waals surface area contributed by atoms with Gasteiger partial charge in [-0.15, -0.1) is 11.6 Å². The normalized spacial score (nSPS) is 10.0. The Balaban J connectivity index is 2.93. The Morgan fingerprint density at radius 1 is 1.57 bits per heavy atom. The van der Waals surface area contributed by atoms with Gasteiger partial charge >= 0.3 is 6.01 Å². The smallest absolute Gasteiger partial charge is 0.318 e. The van der Waals surface area contributed by atoms with Crippen LogP contribution in [0.1, 0.15) is 0 Å². The van der Waals surface area contributed by atoms with E-state index in [1.807, 2.05) is 11.9 Å². The lowest BCUT2D eigenvalue weighted by Crippen LogP contribution is -2.21. The van der Waals surface area contributed by atoms with Gasteiger partial charge in [-0.1, -0.05) is 11.6 Å². The van der Waals surface area contributed by atoms with Crippen LogP contribution in [0.25, 0.3) is 0 Å². The molecule has 1 rings (SSSR count). The molecule has 0 spiro atoms. The summed E-state index contributed by atoms with van der Waals surface area (Å²) in [5, 5.41) is 0.485. The molecule has 0 aliphatic rings. The average molecular weight is 236 g/mol. The van der Waals surface area contributed by atoms with Crippen LogP contribution in [0, 0.1) is 0 Å². The van der Waals surface area contributed by atoms with Gasteiger partial charge in [0, 0.05) is 19.5 Å². The molecule has 0 saturated heterocycles. The van der Waals surface area contributed by atoms with Crippen LogP contribution in [0.4, 0.5) is 5.82 Å². The molecule has 1 aromatic rings. The van der Waals surface area contributed by atoms with E-state index in [1.165, 1.54) is 13.3 Å². The lowest BCUT2D eigenvalue weighted by atomic mass is 10.5. The molecule has 78 valence electrons. The van der Waals surface area contributed by atoms with E-state index in [4.69, 9.17) is 27.9 Å². The van der Waals surface area contributed by atoms with Gasteiger partial charge in [-0.25, -0.2) is 4.98 Å². The number of nitrogens with zero attached hydrogens (tertiary/aromatic N) is 3. The molecule has 0 aromatic carbocycles. The summed E-state index contributed by atoms with van der Waals surface area (Å²) in [6.07, 6.45) is 1.51. The highest BCUT2D eigenvalue weighted by Crippen LogP contribution is 2.22. The third-order valence-electron chi connectivity index (χ3n) is 1.67. The number of rotatable bonds is 4. The first-order valence-corrected chi connectivity index (χ1v) is 4.94. The van der Waals surface area contributed by atoms with Gasteiger partial charge in [0.1, 0.15) is 5.02 Å². The van der Waals surface area contributed by atoms with Crippen LogP contribution in [0.5, 0.6) is 6.01 Å². The van der Waals surface area contributed by atoms with Gasteiger partial charge in [0.05, 0.1) is 13.3 Å². The molecule has 0 N–H and O–H groups in total. The van der Waals surface area contributed by atoms with E-state index in [1.54, 1.807) is 0 Å². The summed E-state index contributed by atoms with van der Waals surface area (Å²) in [7, 11) is 3.37. The second-order valence-corrected chi connectivity index (χ2v) is 3.42. The SMILES string of the molecule is COc1ncc(Cl)c(N(C)CCCl)n1. The van der Waals surface area contributed by atoms with Crippen LogP contribution in [0.3, 0.4) is 0 Å².